The van der Waals surface area contributed by atoms with Crippen LogP contribution in [-0.2, 0) is 4.79 Å². The molecule has 0 aliphatic heterocycles. The summed E-state index contributed by atoms with van der Waals surface area (Å²) in [6.07, 6.45) is 0. The van der Waals surface area contributed by atoms with Crippen LogP contribution in [0.25, 0.3) is 0 Å². The number of benzene rings is 1. The number of hydrogen-bond acceptors (Lipinski definition) is 3. The largest absolute Gasteiger partial charge is 0.398 e. The summed E-state index contributed by atoms with van der Waals surface area (Å²) in [7, 11) is 0. The lowest BCUT2D eigenvalue weighted by Crippen LogP contribution is -2.47. The third kappa shape index (κ3) is 4.35. The van der Waals surface area contributed by atoms with Gasteiger partial charge in [-0.2, -0.15) is 0 Å². The number of halogens is 2. The van der Waals surface area contributed by atoms with Crippen LogP contribution in [0.1, 0.15) is 31.1 Å². The summed E-state index contributed by atoms with van der Waals surface area (Å²) in [5.41, 5.74) is 6.03. The normalized spacial score (nSPS) is 12.9. The number of rotatable bonds is 3. The Labute approximate surface area is 131 Å². The van der Waals surface area contributed by atoms with Crippen molar-refractivity contribution < 1.29 is 9.59 Å². The number of amides is 1. The standard InChI is InChI=1S/C13H16ClIN2O2/c1-13(2,3)10(11(15)18)17-12(19)7-4-5-9(16)8(14)6-7/h4-6,10H,16H2,1-3H3,(H,17,19). The summed E-state index contributed by atoms with van der Waals surface area (Å²) >= 11 is 7.57. The maximum absolute atomic E-state index is 12.1. The van der Waals surface area contributed by atoms with Gasteiger partial charge >= 0.3 is 0 Å². The van der Waals surface area contributed by atoms with E-state index in [4.69, 9.17) is 17.3 Å². The molecule has 3 N–H and O–H groups in total. The maximum Gasteiger partial charge on any atom is 0.251 e. The fourth-order valence-corrected chi connectivity index (χ4v) is 2.77. The van der Waals surface area contributed by atoms with Gasteiger partial charge < -0.3 is 11.1 Å². The number of carbonyl (C=O) groups excluding carboxylic acids is 2. The first kappa shape index (κ1) is 16.2. The third-order valence-corrected chi connectivity index (χ3v) is 3.58. The molecule has 0 aliphatic carbocycles. The quantitative estimate of drug-likeness (QED) is 0.470. The van der Waals surface area contributed by atoms with E-state index in [2.05, 4.69) is 5.32 Å². The molecule has 0 saturated carbocycles. The molecule has 1 atom stereocenters. The van der Waals surface area contributed by atoms with Crippen molar-refractivity contribution in [3.8, 4) is 0 Å². The average molecular weight is 395 g/mol. The first-order valence-electron chi connectivity index (χ1n) is 5.68. The van der Waals surface area contributed by atoms with Gasteiger partial charge in [0.15, 0.2) is 0 Å². The minimum absolute atomic E-state index is 0.111. The van der Waals surface area contributed by atoms with E-state index in [0.29, 0.717) is 16.3 Å². The first-order chi connectivity index (χ1) is 8.62. The van der Waals surface area contributed by atoms with Crippen molar-refractivity contribution in [2.45, 2.75) is 26.8 Å². The maximum atomic E-state index is 12.1. The Morgan fingerprint density at radius 3 is 2.37 bits per heavy atom. The van der Waals surface area contributed by atoms with Crippen LogP contribution in [0.3, 0.4) is 0 Å². The molecule has 0 heterocycles. The van der Waals surface area contributed by atoms with Crippen LogP contribution in [0.5, 0.6) is 0 Å². The van der Waals surface area contributed by atoms with Crippen molar-refractivity contribution >= 4 is 49.6 Å². The number of nitrogens with two attached hydrogens (primary N) is 1. The highest BCUT2D eigenvalue weighted by molar-refractivity contribution is 14.1. The summed E-state index contributed by atoms with van der Waals surface area (Å²) in [6, 6.07) is 4.07. The molecule has 0 radical (unpaired) electrons. The molecule has 1 rings (SSSR count). The fraction of sp³-hybridized carbons (Fsp3) is 0.385. The molecule has 0 fully saturated rings. The Kier molecular flexibility index (Phi) is 5.20. The lowest BCUT2D eigenvalue weighted by molar-refractivity contribution is -0.113. The highest BCUT2D eigenvalue weighted by atomic mass is 127. The Hall–Kier alpha value is -0.820. The number of anilines is 1. The van der Waals surface area contributed by atoms with Gasteiger partial charge in [-0.1, -0.05) is 32.4 Å². The topological polar surface area (TPSA) is 72.2 Å². The minimum Gasteiger partial charge on any atom is -0.398 e. The second-order valence-electron chi connectivity index (χ2n) is 5.31. The molecule has 0 saturated heterocycles. The van der Waals surface area contributed by atoms with Crippen LogP contribution in [-0.4, -0.2) is 15.7 Å². The summed E-state index contributed by atoms with van der Waals surface area (Å²) in [5.74, 6) is -0.341. The molecule has 1 amide bonds. The molecule has 104 valence electrons. The smallest absolute Gasteiger partial charge is 0.251 e. The highest BCUT2D eigenvalue weighted by Crippen LogP contribution is 2.23. The molecular formula is C13H16ClIN2O2. The van der Waals surface area contributed by atoms with E-state index < -0.39 is 6.04 Å². The lowest BCUT2D eigenvalue weighted by atomic mass is 9.87. The van der Waals surface area contributed by atoms with Gasteiger partial charge in [-0.15, -0.1) is 0 Å². The molecule has 0 aromatic heterocycles. The van der Waals surface area contributed by atoms with Gasteiger partial charge in [0.05, 0.1) is 10.7 Å². The lowest BCUT2D eigenvalue weighted by Gasteiger charge is -2.28. The second kappa shape index (κ2) is 6.09. The van der Waals surface area contributed by atoms with Crippen LogP contribution in [0.2, 0.25) is 5.02 Å². The molecule has 0 aliphatic rings. The number of carbonyl (C=O) groups is 2. The summed E-state index contributed by atoms with van der Waals surface area (Å²) in [4.78, 5) is 23.7. The van der Waals surface area contributed by atoms with Crippen molar-refractivity contribution in [1.29, 1.82) is 0 Å². The van der Waals surface area contributed by atoms with Gasteiger partial charge in [-0.3, -0.25) is 9.59 Å². The Morgan fingerprint density at radius 1 is 1.37 bits per heavy atom. The number of hydrogen-bond donors (Lipinski definition) is 2. The molecule has 1 aromatic carbocycles. The first-order valence-corrected chi connectivity index (χ1v) is 7.14. The molecule has 0 bridgehead atoms. The second-order valence-corrected chi connectivity index (χ2v) is 6.78. The molecule has 1 unspecified atom stereocenters. The van der Waals surface area contributed by atoms with Crippen LogP contribution in [0.15, 0.2) is 18.2 Å². The highest BCUT2D eigenvalue weighted by Gasteiger charge is 2.31. The summed E-state index contributed by atoms with van der Waals surface area (Å²) in [6.45, 7) is 5.68. The predicted molar refractivity (Wildman–Crippen MR) is 85.6 cm³/mol. The number of nitrogen functional groups attached to an aromatic ring is 1. The van der Waals surface area contributed by atoms with Gasteiger partial charge in [-0.25, -0.2) is 0 Å². The third-order valence-electron chi connectivity index (χ3n) is 2.63. The van der Waals surface area contributed by atoms with E-state index in [9.17, 15) is 9.59 Å². The van der Waals surface area contributed by atoms with Crippen molar-refractivity contribution in [3.63, 3.8) is 0 Å². The van der Waals surface area contributed by atoms with Crippen molar-refractivity contribution in [2.24, 2.45) is 5.41 Å². The van der Waals surface area contributed by atoms with Crippen LogP contribution in [0.4, 0.5) is 5.69 Å². The fourth-order valence-electron chi connectivity index (χ4n) is 1.50. The zero-order valence-electron chi connectivity index (χ0n) is 11.0. The molecule has 0 spiro atoms. The predicted octanol–water partition coefficient (Wildman–Crippen LogP) is 3.03. The van der Waals surface area contributed by atoms with Crippen molar-refractivity contribution in [3.05, 3.63) is 28.8 Å². The van der Waals surface area contributed by atoms with E-state index >= 15 is 0 Å². The molecular weight excluding hydrogens is 379 g/mol. The Bertz CT molecular complexity index is 512. The monoisotopic (exact) mass is 394 g/mol. The van der Waals surface area contributed by atoms with Gasteiger partial charge in [0.1, 0.15) is 6.04 Å². The molecule has 1 aromatic rings. The zero-order valence-corrected chi connectivity index (χ0v) is 13.9. The van der Waals surface area contributed by atoms with Gasteiger partial charge in [0.2, 0.25) is 3.79 Å². The van der Waals surface area contributed by atoms with E-state index in [0.717, 1.165) is 0 Å². The van der Waals surface area contributed by atoms with Crippen LogP contribution < -0.4 is 11.1 Å². The molecule has 6 heteroatoms. The van der Waals surface area contributed by atoms with Crippen LogP contribution in [0, 0.1) is 5.41 Å². The van der Waals surface area contributed by atoms with Crippen LogP contribution >= 0.6 is 34.2 Å². The van der Waals surface area contributed by atoms with Gasteiger partial charge in [0, 0.05) is 28.2 Å². The minimum atomic E-state index is -0.558. The van der Waals surface area contributed by atoms with E-state index in [1.54, 1.807) is 34.7 Å². The molecule has 4 nitrogen and oxygen atoms in total. The zero-order chi connectivity index (χ0) is 14.8. The molecule has 19 heavy (non-hydrogen) atoms. The van der Waals surface area contributed by atoms with Gasteiger partial charge in [0.25, 0.3) is 5.91 Å². The van der Waals surface area contributed by atoms with Crippen molar-refractivity contribution in [2.75, 3.05) is 5.73 Å². The average Bonchev–Trinajstić information content (AvgIpc) is 2.27. The SMILES string of the molecule is CC(C)(C)C(NC(=O)c1ccc(N)c(Cl)c1)C(=O)I. The summed E-state index contributed by atoms with van der Waals surface area (Å²) < 4.78 is -0.111. The van der Waals surface area contributed by atoms with Gasteiger partial charge in [-0.05, 0) is 23.6 Å². The Morgan fingerprint density at radius 2 is 1.95 bits per heavy atom. The van der Waals surface area contributed by atoms with Crippen molar-refractivity contribution in [1.82, 2.24) is 5.32 Å². The summed E-state index contributed by atoms with van der Waals surface area (Å²) in [5, 5.41) is 3.04. The number of nitrogens with one attached hydrogen (secondary N) is 1. The van der Waals surface area contributed by atoms with E-state index in [-0.39, 0.29) is 15.1 Å². The Balaban J connectivity index is 2.94. The van der Waals surface area contributed by atoms with E-state index in [1.807, 2.05) is 20.8 Å². The van der Waals surface area contributed by atoms with E-state index in [1.165, 1.54) is 6.07 Å².